The molecule has 3 heterocycles. The second kappa shape index (κ2) is 16.3. The van der Waals surface area contributed by atoms with E-state index in [1.165, 1.54) is 69.8 Å². The summed E-state index contributed by atoms with van der Waals surface area (Å²) in [5, 5.41) is 8.43. The SMILES string of the molecule is CCCCCCCCCCCCOC(=O)c1c2cc(C)sc2c(C(C)=O)c2cc(-c3c(F)c(F)c(C)c4nn(C(F)(F)C(=O)CCC)nc34)sc12. The molecule has 0 amide bonds. The van der Waals surface area contributed by atoms with Gasteiger partial charge in [0.25, 0.3) is 0 Å². The molecule has 51 heavy (non-hydrogen) atoms. The zero-order valence-corrected chi connectivity index (χ0v) is 31.3. The number of alkyl halides is 2. The van der Waals surface area contributed by atoms with E-state index >= 15 is 17.6 Å². The first-order valence-corrected chi connectivity index (χ1v) is 19.3. The van der Waals surface area contributed by atoms with E-state index in [-0.39, 0.29) is 50.6 Å². The Morgan fingerprint density at radius 3 is 2.00 bits per heavy atom. The molecule has 0 saturated carbocycles. The molecule has 0 aliphatic rings. The van der Waals surface area contributed by atoms with Crippen molar-refractivity contribution >= 4 is 71.4 Å². The molecular formula is C38H43F4N3O4S2. The fraction of sp³-hybridized carbons (Fsp3) is 0.500. The average Bonchev–Trinajstić information content (AvgIpc) is 3.82. The summed E-state index contributed by atoms with van der Waals surface area (Å²) < 4.78 is 68.2. The number of carbonyl (C=O) groups excluding carboxylic acids is 3. The summed E-state index contributed by atoms with van der Waals surface area (Å²) >= 11 is 2.24. The normalized spacial score (nSPS) is 12.1. The van der Waals surface area contributed by atoms with Crippen LogP contribution in [0.4, 0.5) is 17.6 Å². The fourth-order valence-corrected chi connectivity index (χ4v) is 8.82. The Labute approximate surface area is 302 Å². The van der Waals surface area contributed by atoms with Gasteiger partial charge in [-0.3, -0.25) is 9.59 Å². The van der Waals surface area contributed by atoms with Crippen LogP contribution in [0, 0.1) is 25.5 Å². The van der Waals surface area contributed by atoms with Gasteiger partial charge in [-0.05, 0) is 45.7 Å². The average molecular weight is 746 g/mol. The molecule has 0 N–H and O–H groups in total. The monoisotopic (exact) mass is 745 g/mol. The second-order valence-corrected chi connectivity index (χ2v) is 15.4. The van der Waals surface area contributed by atoms with E-state index in [9.17, 15) is 14.4 Å². The molecule has 0 spiro atoms. The maximum atomic E-state index is 15.9. The van der Waals surface area contributed by atoms with Gasteiger partial charge in [0.05, 0.1) is 22.4 Å². The van der Waals surface area contributed by atoms with E-state index in [1.807, 2.05) is 6.92 Å². The molecule has 7 nitrogen and oxygen atoms in total. The van der Waals surface area contributed by atoms with Crippen LogP contribution in [0.25, 0.3) is 41.6 Å². The quantitative estimate of drug-likeness (QED) is 0.0384. The molecule has 2 aromatic carbocycles. The molecule has 0 aliphatic carbocycles. The van der Waals surface area contributed by atoms with Crippen LogP contribution in [0.2, 0.25) is 0 Å². The molecule has 0 bridgehead atoms. The molecule has 0 unspecified atom stereocenters. The van der Waals surface area contributed by atoms with Crippen LogP contribution in [-0.2, 0) is 15.6 Å². The molecule has 5 rings (SSSR count). The lowest BCUT2D eigenvalue weighted by Gasteiger charge is -2.12. The van der Waals surface area contributed by atoms with Gasteiger partial charge in [-0.2, -0.15) is 8.78 Å². The Balaban J connectivity index is 1.53. The largest absolute Gasteiger partial charge is 0.462 e. The summed E-state index contributed by atoms with van der Waals surface area (Å²) in [6.45, 7) is 8.40. The number of benzene rings is 2. The minimum absolute atomic E-state index is 0.0438. The molecule has 13 heteroatoms. The first-order chi connectivity index (χ1) is 24.3. The van der Waals surface area contributed by atoms with Gasteiger partial charge in [-0.1, -0.05) is 71.6 Å². The first-order valence-electron chi connectivity index (χ1n) is 17.7. The van der Waals surface area contributed by atoms with Crippen LogP contribution >= 0.6 is 22.7 Å². The summed E-state index contributed by atoms with van der Waals surface area (Å²) in [5.74, 6) is -5.02. The number of ketones is 2. The third kappa shape index (κ3) is 7.74. The van der Waals surface area contributed by atoms with Crippen LogP contribution in [0.1, 0.15) is 129 Å². The summed E-state index contributed by atoms with van der Waals surface area (Å²) in [6.07, 6.45) is 10.9. The summed E-state index contributed by atoms with van der Waals surface area (Å²) in [5.41, 5.74) is -1.04. The van der Waals surface area contributed by atoms with Gasteiger partial charge < -0.3 is 4.74 Å². The molecule has 3 aromatic heterocycles. The predicted octanol–water partition coefficient (Wildman–Crippen LogP) is 11.6. The summed E-state index contributed by atoms with van der Waals surface area (Å²) in [7, 11) is 0. The maximum absolute atomic E-state index is 15.9. The van der Waals surface area contributed by atoms with Crippen molar-refractivity contribution in [2.75, 3.05) is 6.61 Å². The molecule has 274 valence electrons. The number of fused-ring (bicyclic) bond motifs is 3. The standard InChI is InChI=1S/C38H43F4N3O4S2/c1-6-8-9-10-11-12-13-14-15-16-18-49-37(48)29-24-19-21(3)50-35(24)28(23(5)46)25-20-26(51-36(25)29)30-32(40)31(39)22(4)33-34(30)44-45(43-33)38(41,42)27(47)17-7-2/h19-20H,6-18H2,1-5H3. The zero-order valence-electron chi connectivity index (χ0n) is 29.7. The van der Waals surface area contributed by atoms with Crippen molar-refractivity contribution in [3.63, 3.8) is 0 Å². The number of carbonyl (C=O) groups is 3. The van der Waals surface area contributed by atoms with Gasteiger partial charge in [0.2, 0.25) is 5.78 Å². The number of aromatic nitrogens is 3. The minimum atomic E-state index is -4.15. The summed E-state index contributed by atoms with van der Waals surface area (Å²) in [4.78, 5) is 40.0. The number of ether oxygens (including phenoxy) is 1. The number of esters is 1. The molecular weight excluding hydrogens is 703 g/mol. The van der Waals surface area contributed by atoms with E-state index in [4.69, 9.17) is 4.74 Å². The van der Waals surface area contributed by atoms with Gasteiger partial charge in [-0.15, -0.1) is 37.7 Å². The molecule has 0 radical (unpaired) electrons. The Kier molecular flexibility index (Phi) is 12.3. The second-order valence-electron chi connectivity index (χ2n) is 13.1. The Bertz CT molecular complexity index is 2100. The third-order valence-corrected chi connectivity index (χ3v) is 11.4. The Hall–Kier alpha value is -3.71. The number of thiophene rings is 2. The van der Waals surface area contributed by atoms with E-state index < -0.39 is 41.4 Å². The van der Waals surface area contributed by atoms with Crippen LogP contribution in [-0.4, -0.2) is 39.1 Å². The Morgan fingerprint density at radius 1 is 0.784 bits per heavy atom. The highest BCUT2D eigenvalue weighted by molar-refractivity contribution is 7.23. The van der Waals surface area contributed by atoms with Crippen LogP contribution in [0.15, 0.2) is 12.1 Å². The highest BCUT2D eigenvalue weighted by Crippen LogP contribution is 2.47. The van der Waals surface area contributed by atoms with Gasteiger partial charge in [0.15, 0.2) is 17.4 Å². The number of hydrogen-bond acceptors (Lipinski definition) is 8. The van der Waals surface area contributed by atoms with Crippen molar-refractivity contribution in [1.29, 1.82) is 0 Å². The van der Waals surface area contributed by atoms with Gasteiger partial charge in [0, 0.05) is 42.8 Å². The number of unbranched alkanes of at least 4 members (excludes halogenated alkanes) is 9. The van der Waals surface area contributed by atoms with Crippen molar-refractivity contribution in [3.05, 3.63) is 45.3 Å². The van der Waals surface area contributed by atoms with Crippen LogP contribution < -0.4 is 0 Å². The van der Waals surface area contributed by atoms with Crippen molar-refractivity contribution in [2.45, 2.75) is 118 Å². The van der Waals surface area contributed by atoms with Gasteiger partial charge in [0.1, 0.15) is 11.0 Å². The molecule has 0 atom stereocenters. The van der Waals surface area contributed by atoms with Crippen LogP contribution in [0.3, 0.4) is 0 Å². The molecule has 0 aliphatic heterocycles. The third-order valence-electron chi connectivity index (χ3n) is 9.12. The minimum Gasteiger partial charge on any atom is -0.462 e. The molecule has 0 fully saturated rings. The molecule has 0 saturated heterocycles. The number of nitrogens with zero attached hydrogens (tertiary/aromatic N) is 3. The fourth-order valence-electron chi connectivity index (χ4n) is 6.44. The number of halogens is 4. The predicted molar refractivity (Wildman–Crippen MR) is 195 cm³/mol. The molecule has 5 aromatic rings. The highest BCUT2D eigenvalue weighted by atomic mass is 32.1. The smallest absolute Gasteiger partial charge is 0.418 e. The van der Waals surface area contributed by atoms with E-state index in [0.29, 0.717) is 32.2 Å². The van der Waals surface area contributed by atoms with Crippen molar-refractivity contribution < 1.29 is 36.7 Å². The maximum Gasteiger partial charge on any atom is 0.418 e. The summed E-state index contributed by atoms with van der Waals surface area (Å²) in [6, 6.07) is -0.898. The van der Waals surface area contributed by atoms with Gasteiger partial charge >= 0.3 is 12.0 Å². The lowest BCUT2D eigenvalue weighted by molar-refractivity contribution is -0.163. The Morgan fingerprint density at radius 2 is 1.37 bits per heavy atom. The van der Waals surface area contributed by atoms with Gasteiger partial charge in [-0.25, -0.2) is 13.6 Å². The first kappa shape index (κ1) is 38.5. The topological polar surface area (TPSA) is 91.2 Å². The zero-order chi connectivity index (χ0) is 37.0. The highest BCUT2D eigenvalue weighted by Gasteiger charge is 2.43. The van der Waals surface area contributed by atoms with E-state index in [2.05, 4.69) is 17.1 Å². The van der Waals surface area contributed by atoms with Crippen molar-refractivity contribution in [3.8, 4) is 10.4 Å². The number of Topliss-reactive ketones (excluding diaryl/α,β-unsaturated/α-hetero) is 2. The lowest BCUT2D eigenvalue weighted by atomic mass is 9.98. The lowest BCUT2D eigenvalue weighted by Crippen LogP contribution is -2.34. The van der Waals surface area contributed by atoms with E-state index in [1.54, 1.807) is 13.0 Å². The number of hydrogen-bond donors (Lipinski definition) is 0. The number of rotatable bonds is 18. The van der Waals surface area contributed by atoms with Crippen molar-refractivity contribution in [2.24, 2.45) is 0 Å². The van der Waals surface area contributed by atoms with Crippen molar-refractivity contribution in [1.82, 2.24) is 15.0 Å². The van der Waals surface area contributed by atoms with Crippen LogP contribution in [0.5, 0.6) is 0 Å². The van der Waals surface area contributed by atoms with E-state index in [0.717, 1.165) is 35.5 Å². The number of aryl methyl sites for hydroxylation is 2.